The van der Waals surface area contributed by atoms with Crippen LogP contribution >= 0.6 is 23.2 Å². The van der Waals surface area contributed by atoms with Crippen molar-refractivity contribution in [2.75, 3.05) is 26.6 Å². The summed E-state index contributed by atoms with van der Waals surface area (Å²) in [6.07, 6.45) is 0. The summed E-state index contributed by atoms with van der Waals surface area (Å²) in [5.41, 5.74) is 2.72. The van der Waals surface area contributed by atoms with Crippen LogP contribution in [0, 0.1) is 0 Å². The Bertz CT molecular complexity index is 1290. The SMILES string of the molecule is COc1cc(-c2nc3cc(NC(=O)c4ccc(Cl)c(Cl)c4)ccc3o2)cc(OC)c1OC. The molecule has 0 spiro atoms. The van der Waals surface area contributed by atoms with Crippen molar-refractivity contribution in [2.45, 2.75) is 0 Å². The summed E-state index contributed by atoms with van der Waals surface area (Å²) < 4.78 is 22.0. The van der Waals surface area contributed by atoms with Gasteiger partial charge in [0.25, 0.3) is 5.91 Å². The molecule has 1 heterocycles. The summed E-state index contributed by atoms with van der Waals surface area (Å²) in [7, 11) is 4.61. The van der Waals surface area contributed by atoms with E-state index in [4.69, 9.17) is 41.8 Å². The highest BCUT2D eigenvalue weighted by molar-refractivity contribution is 6.42. The van der Waals surface area contributed by atoms with Crippen molar-refractivity contribution in [3.05, 3.63) is 64.1 Å². The first-order valence-electron chi connectivity index (χ1n) is 9.41. The number of benzene rings is 3. The first kappa shape index (κ1) is 21.8. The van der Waals surface area contributed by atoms with E-state index in [2.05, 4.69) is 10.3 Å². The van der Waals surface area contributed by atoms with Crippen LogP contribution in [0.3, 0.4) is 0 Å². The number of fused-ring (bicyclic) bond motifs is 1. The second-order valence-electron chi connectivity index (χ2n) is 6.70. The molecule has 164 valence electrons. The van der Waals surface area contributed by atoms with Crippen LogP contribution in [0.5, 0.6) is 17.2 Å². The first-order chi connectivity index (χ1) is 15.4. The Balaban J connectivity index is 1.65. The van der Waals surface area contributed by atoms with Crippen molar-refractivity contribution in [3.8, 4) is 28.7 Å². The van der Waals surface area contributed by atoms with E-state index in [0.717, 1.165) is 0 Å². The number of nitrogens with one attached hydrogen (secondary N) is 1. The molecular formula is C23H18Cl2N2O5. The monoisotopic (exact) mass is 472 g/mol. The predicted octanol–water partition coefficient (Wildman–Crippen LogP) is 6.08. The van der Waals surface area contributed by atoms with Gasteiger partial charge in [-0.05, 0) is 48.5 Å². The molecule has 0 aliphatic carbocycles. The molecule has 7 nitrogen and oxygen atoms in total. The maximum absolute atomic E-state index is 12.5. The average molecular weight is 473 g/mol. The number of rotatable bonds is 6. The lowest BCUT2D eigenvalue weighted by Crippen LogP contribution is -2.11. The standard InChI is InChI=1S/C23H18Cl2N2O5/c1-29-19-9-13(10-20(30-2)21(19)31-3)23-27-17-11-14(5-7-18(17)32-23)26-22(28)12-4-6-15(24)16(25)8-12/h4-11H,1-3H3,(H,26,28). The van der Waals surface area contributed by atoms with Crippen LogP contribution in [0.4, 0.5) is 5.69 Å². The smallest absolute Gasteiger partial charge is 0.255 e. The Morgan fingerprint density at radius 1 is 0.906 bits per heavy atom. The lowest BCUT2D eigenvalue weighted by Gasteiger charge is -2.12. The molecule has 0 aliphatic heterocycles. The Kier molecular flexibility index (Phi) is 6.12. The van der Waals surface area contributed by atoms with Gasteiger partial charge in [0, 0.05) is 16.8 Å². The van der Waals surface area contributed by atoms with Gasteiger partial charge in [0.2, 0.25) is 11.6 Å². The number of nitrogens with zero attached hydrogens (tertiary/aromatic N) is 1. The van der Waals surface area contributed by atoms with Gasteiger partial charge in [-0.25, -0.2) is 4.98 Å². The van der Waals surface area contributed by atoms with Gasteiger partial charge in [-0.15, -0.1) is 0 Å². The molecule has 0 atom stereocenters. The number of methoxy groups -OCH3 is 3. The number of anilines is 1. The fourth-order valence-electron chi connectivity index (χ4n) is 3.17. The molecule has 1 N–H and O–H groups in total. The van der Waals surface area contributed by atoms with E-state index < -0.39 is 0 Å². The molecule has 9 heteroatoms. The molecule has 3 aromatic carbocycles. The van der Waals surface area contributed by atoms with E-state index in [9.17, 15) is 4.79 Å². The summed E-state index contributed by atoms with van der Waals surface area (Å²) in [6, 6.07) is 13.4. The number of aromatic nitrogens is 1. The Morgan fingerprint density at radius 2 is 1.62 bits per heavy atom. The fraction of sp³-hybridized carbons (Fsp3) is 0.130. The summed E-state index contributed by atoms with van der Waals surface area (Å²) in [4.78, 5) is 17.1. The average Bonchev–Trinajstić information content (AvgIpc) is 3.23. The van der Waals surface area contributed by atoms with E-state index in [0.29, 0.717) is 61.1 Å². The van der Waals surface area contributed by atoms with Crippen LogP contribution in [0.1, 0.15) is 10.4 Å². The van der Waals surface area contributed by atoms with E-state index in [-0.39, 0.29) is 5.91 Å². The van der Waals surface area contributed by atoms with Crippen molar-refractivity contribution < 1.29 is 23.4 Å². The number of halogens is 2. The fourth-order valence-corrected chi connectivity index (χ4v) is 3.47. The Labute approximate surface area is 193 Å². The number of carbonyl (C=O) groups is 1. The number of carbonyl (C=O) groups excluding carboxylic acids is 1. The zero-order valence-electron chi connectivity index (χ0n) is 17.4. The van der Waals surface area contributed by atoms with Crippen molar-refractivity contribution in [1.82, 2.24) is 4.98 Å². The topological polar surface area (TPSA) is 82.8 Å². The molecule has 0 saturated carbocycles. The van der Waals surface area contributed by atoms with Gasteiger partial charge < -0.3 is 23.9 Å². The first-order valence-corrected chi connectivity index (χ1v) is 10.2. The summed E-state index contributed by atoms with van der Waals surface area (Å²) in [5, 5.41) is 3.51. The van der Waals surface area contributed by atoms with Gasteiger partial charge in [0.05, 0.1) is 31.4 Å². The molecule has 1 amide bonds. The van der Waals surface area contributed by atoms with Gasteiger partial charge in [0.15, 0.2) is 17.1 Å². The van der Waals surface area contributed by atoms with Gasteiger partial charge in [-0.1, -0.05) is 23.2 Å². The van der Waals surface area contributed by atoms with E-state index in [1.807, 2.05) is 0 Å². The van der Waals surface area contributed by atoms with Crippen LogP contribution in [0.25, 0.3) is 22.6 Å². The molecule has 0 fully saturated rings. The number of ether oxygens (including phenoxy) is 3. The number of amides is 1. The molecule has 4 aromatic rings. The zero-order valence-corrected chi connectivity index (χ0v) is 18.9. The van der Waals surface area contributed by atoms with E-state index in [1.54, 1.807) is 42.5 Å². The molecule has 0 radical (unpaired) electrons. The van der Waals surface area contributed by atoms with Crippen LogP contribution < -0.4 is 19.5 Å². The quantitative estimate of drug-likeness (QED) is 0.366. The normalized spacial score (nSPS) is 10.8. The van der Waals surface area contributed by atoms with E-state index >= 15 is 0 Å². The second-order valence-corrected chi connectivity index (χ2v) is 7.51. The highest BCUT2D eigenvalue weighted by atomic mass is 35.5. The third kappa shape index (κ3) is 4.17. The number of oxazole rings is 1. The Morgan fingerprint density at radius 3 is 2.25 bits per heavy atom. The Hall–Kier alpha value is -3.42. The highest BCUT2D eigenvalue weighted by Gasteiger charge is 2.18. The maximum Gasteiger partial charge on any atom is 0.255 e. The minimum Gasteiger partial charge on any atom is -0.493 e. The number of hydrogen-bond acceptors (Lipinski definition) is 6. The zero-order chi connectivity index (χ0) is 22.8. The summed E-state index contributed by atoms with van der Waals surface area (Å²) in [6.45, 7) is 0. The predicted molar refractivity (Wildman–Crippen MR) is 124 cm³/mol. The van der Waals surface area contributed by atoms with Crippen LogP contribution in [0.2, 0.25) is 10.0 Å². The largest absolute Gasteiger partial charge is 0.493 e. The van der Waals surface area contributed by atoms with Crippen LogP contribution in [-0.2, 0) is 0 Å². The highest BCUT2D eigenvalue weighted by Crippen LogP contribution is 2.41. The van der Waals surface area contributed by atoms with Crippen molar-refractivity contribution in [2.24, 2.45) is 0 Å². The maximum atomic E-state index is 12.5. The van der Waals surface area contributed by atoms with Crippen LogP contribution in [-0.4, -0.2) is 32.2 Å². The van der Waals surface area contributed by atoms with Crippen molar-refractivity contribution in [3.63, 3.8) is 0 Å². The van der Waals surface area contributed by atoms with Crippen LogP contribution in [0.15, 0.2) is 52.9 Å². The van der Waals surface area contributed by atoms with E-state index in [1.165, 1.54) is 27.4 Å². The number of hydrogen-bond donors (Lipinski definition) is 1. The molecular weight excluding hydrogens is 455 g/mol. The molecule has 4 rings (SSSR count). The molecule has 32 heavy (non-hydrogen) atoms. The van der Waals surface area contributed by atoms with Gasteiger partial charge in [-0.2, -0.15) is 0 Å². The van der Waals surface area contributed by atoms with Gasteiger partial charge in [0.1, 0.15) is 5.52 Å². The summed E-state index contributed by atoms with van der Waals surface area (Å²) in [5.74, 6) is 1.49. The van der Waals surface area contributed by atoms with Crippen molar-refractivity contribution >= 4 is 45.9 Å². The lowest BCUT2D eigenvalue weighted by atomic mass is 10.2. The third-order valence-electron chi connectivity index (χ3n) is 4.74. The minimum atomic E-state index is -0.323. The lowest BCUT2D eigenvalue weighted by molar-refractivity contribution is 0.102. The van der Waals surface area contributed by atoms with Gasteiger partial charge >= 0.3 is 0 Å². The second kappa shape index (κ2) is 8.98. The molecule has 1 aromatic heterocycles. The third-order valence-corrected chi connectivity index (χ3v) is 5.48. The van der Waals surface area contributed by atoms with Crippen molar-refractivity contribution in [1.29, 1.82) is 0 Å². The molecule has 0 bridgehead atoms. The minimum absolute atomic E-state index is 0.307. The molecule has 0 saturated heterocycles. The molecule has 0 aliphatic rings. The molecule has 0 unspecified atom stereocenters. The van der Waals surface area contributed by atoms with Gasteiger partial charge in [-0.3, -0.25) is 4.79 Å². The summed E-state index contributed by atoms with van der Waals surface area (Å²) >= 11 is 11.9.